The lowest BCUT2D eigenvalue weighted by Gasteiger charge is -2.18. The van der Waals surface area contributed by atoms with Gasteiger partial charge in [-0.1, -0.05) is 19.1 Å². The van der Waals surface area contributed by atoms with Crippen LogP contribution in [0.3, 0.4) is 0 Å². The summed E-state index contributed by atoms with van der Waals surface area (Å²) in [4.78, 5) is 10.8. The summed E-state index contributed by atoms with van der Waals surface area (Å²) in [6.45, 7) is 5.43. The van der Waals surface area contributed by atoms with Crippen molar-refractivity contribution in [2.45, 2.75) is 32.7 Å². The van der Waals surface area contributed by atoms with Crippen LogP contribution in [-0.2, 0) is 11.2 Å². The third kappa shape index (κ3) is 4.61. The van der Waals surface area contributed by atoms with Crippen molar-refractivity contribution in [3.8, 4) is 0 Å². The van der Waals surface area contributed by atoms with E-state index in [4.69, 9.17) is 4.74 Å². The molecular weight excluding hydrogens is 244 g/mol. The Morgan fingerprint density at radius 3 is 2.79 bits per heavy atom. The minimum atomic E-state index is -0.313. The molecule has 0 aliphatic rings. The van der Waals surface area contributed by atoms with Gasteiger partial charge in [0.05, 0.1) is 11.5 Å². The molecule has 0 bridgehead atoms. The number of hydrogen-bond acceptors (Lipinski definition) is 4. The van der Waals surface area contributed by atoms with Crippen LogP contribution in [0.1, 0.15) is 24.5 Å². The zero-order chi connectivity index (χ0) is 14.3. The summed E-state index contributed by atoms with van der Waals surface area (Å²) in [6, 6.07) is 5.30. The summed E-state index contributed by atoms with van der Waals surface area (Å²) in [5.41, 5.74) is 1.94. The molecule has 0 aromatic heterocycles. The Morgan fingerprint density at radius 1 is 1.47 bits per heavy atom. The van der Waals surface area contributed by atoms with Gasteiger partial charge in [-0.25, -0.2) is 0 Å². The number of methoxy groups -OCH3 is 1. The molecule has 0 saturated heterocycles. The van der Waals surface area contributed by atoms with Crippen molar-refractivity contribution in [1.82, 2.24) is 5.32 Å². The first-order valence-corrected chi connectivity index (χ1v) is 6.55. The van der Waals surface area contributed by atoms with Crippen LogP contribution in [0, 0.1) is 17.0 Å². The Bertz CT molecular complexity index is 421. The third-order valence-corrected chi connectivity index (χ3v) is 3.08. The van der Waals surface area contributed by atoms with Crippen LogP contribution in [0.5, 0.6) is 0 Å². The number of nitrogens with one attached hydrogen (secondary N) is 1. The van der Waals surface area contributed by atoms with Crippen molar-refractivity contribution >= 4 is 5.69 Å². The van der Waals surface area contributed by atoms with E-state index >= 15 is 0 Å². The van der Waals surface area contributed by atoms with Crippen molar-refractivity contribution in [1.29, 1.82) is 0 Å². The summed E-state index contributed by atoms with van der Waals surface area (Å²) in [5.74, 6) is 0. The zero-order valence-electron chi connectivity index (χ0n) is 11.8. The van der Waals surface area contributed by atoms with Crippen molar-refractivity contribution in [3.05, 3.63) is 39.4 Å². The first kappa shape index (κ1) is 15.6. The molecule has 0 aliphatic heterocycles. The highest BCUT2D eigenvalue weighted by Gasteiger charge is 2.19. The van der Waals surface area contributed by atoms with E-state index in [1.54, 1.807) is 19.2 Å². The molecule has 0 amide bonds. The van der Waals surface area contributed by atoms with Crippen LogP contribution in [0.2, 0.25) is 0 Å². The fourth-order valence-corrected chi connectivity index (χ4v) is 2.11. The van der Waals surface area contributed by atoms with Crippen LogP contribution < -0.4 is 5.32 Å². The van der Waals surface area contributed by atoms with Crippen molar-refractivity contribution in [3.63, 3.8) is 0 Å². The maximum Gasteiger partial charge on any atom is 0.272 e. The molecule has 0 spiro atoms. The van der Waals surface area contributed by atoms with Crippen molar-refractivity contribution in [2.75, 3.05) is 20.3 Å². The maximum atomic E-state index is 11.1. The first-order chi connectivity index (χ1) is 9.10. The monoisotopic (exact) mass is 266 g/mol. The van der Waals surface area contributed by atoms with E-state index in [2.05, 4.69) is 12.2 Å². The van der Waals surface area contributed by atoms with E-state index in [0.29, 0.717) is 13.0 Å². The number of hydrogen-bond donors (Lipinski definition) is 1. The van der Waals surface area contributed by atoms with Crippen LogP contribution in [0.25, 0.3) is 0 Å². The number of rotatable bonds is 8. The SMILES string of the molecule is CCCNC(COC)Cc1c(C)cccc1[N+](=O)[O-]. The molecule has 5 nitrogen and oxygen atoms in total. The highest BCUT2D eigenvalue weighted by Crippen LogP contribution is 2.23. The van der Waals surface area contributed by atoms with E-state index < -0.39 is 0 Å². The molecule has 1 atom stereocenters. The van der Waals surface area contributed by atoms with Gasteiger partial charge < -0.3 is 10.1 Å². The van der Waals surface area contributed by atoms with Gasteiger partial charge in [-0.2, -0.15) is 0 Å². The fourth-order valence-electron chi connectivity index (χ4n) is 2.11. The number of nitrogens with zero attached hydrogens (tertiary/aromatic N) is 1. The quantitative estimate of drug-likeness (QED) is 0.580. The maximum absolute atomic E-state index is 11.1. The Balaban J connectivity index is 2.91. The van der Waals surface area contributed by atoms with Gasteiger partial charge in [-0.15, -0.1) is 0 Å². The number of aryl methyl sites for hydroxylation is 1. The van der Waals surface area contributed by atoms with Crippen LogP contribution in [0.15, 0.2) is 18.2 Å². The minimum Gasteiger partial charge on any atom is -0.383 e. The average molecular weight is 266 g/mol. The smallest absolute Gasteiger partial charge is 0.272 e. The fraction of sp³-hybridized carbons (Fsp3) is 0.571. The Morgan fingerprint density at radius 2 is 2.21 bits per heavy atom. The molecule has 0 aliphatic carbocycles. The Hall–Kier alpha value is -1.46. The van der Waals surface area contributed by atoms with Gasteiger partial charge in [-0.05, 0) is 31.9 Å². The number of benzene rings is 1. The molecule has 1 N–H and O–H groups in total. The van der Waals surface area contributed by atoms with Gasteiger partial charge in [0, 0.05) is 24.8 Å². The predicted octanol–water partition coefficient (Wildman–Crippen LogP) is 2.46. The molecule has 1 aromatic carbocycles. The molecular formula is C14H22N2O3. The second-order valence-corrected chi connectivity index (χ2v) is 4.64. The summed E-state index contributed by atoms with van der Waals surface area (Å²) in [6.07, 6.45) is 1.63. The van der Waals surface area contributed by atoms with Gasteiger partial charge in [-0.3, -0.25) is 10.1 Å². The van der Waals surface area contributed by atoms with E-state index in [1.807, 2.05) is 13.0 Å². The van der Waals surface area contributed by atoms with E-state index in [-0.39, 0.29) is 16.7 Å². The predicted molar refractivity (Wildman–Crippen MR) is 75.5 cm³/mol. The lowest BCUT2D eigenvalue weighted by molar-refractivity contribution is -0.385. The first-order valence-electron chi connectivity index (χ1n) is 6.55. The van der Waals surface area contributed by atoms with Crippen LogP contribution >= 0.6 is 0 Å². The van der Waals surface area contributed by atoms with E-state index in [1.165, 1.54) is 0 Å². The number of nitro groups is 1. The second kappa shape index (κ2) is 7.86. The summed E-state index contributed by atoms with van der Waals surface area (Å²) in [5, 5.41) is 14.4. The molecule has 106 valence electrons. The van der Waals surface area contributed by atoms with Gasteiger partial charge in [0.1, 0.15) is 0 Å². The largest absolute Gasteiger partial charge is 0.383 e. The molecule has 19 heavy (non-hydrogen) atoms. The molecule has 0 fully saturated rings. The third-order valence-electron chi connectivity index (χ3n) is 3.08. The van der Waals surface area contributed by atoms with E-state index in [9.17, 15) is 10.1 Å². The summed E-state index contributed by atoms with van der Waals surface area (Å²) in [7, 11) is 1.65. The normalized spacial score (nSPS) is 12.4. The lowest BCUT2D eigenvalue weighted by atomic mass is 9.99. The summed E-state index contributed by atoms with van der Waals surface area (Å²) < 4.78 is 5.18. The van der Waals surface area contributed by atoms with Crippen molar-refractivity contribution < 1.29 is 9.66 Å². The van der Waals surface area contributed by atoms with Gasteiger partial charge >= 0.3 is 0 Å². The Kier molecular flexibility index (Phi) is 6.45. The van der Waals surface area contributed by atoms with Crippen molar-refractivity contribution in [2.24, 2.45) is 0 Å². The average Bonchev–Trinajstić information content (AvgIpc) is 2.38. The number of ether oxygens (including phenoxy) is 1. The molecule has 1 rings (SSSR count). The topological polar surface area (TPSA) is 64.4 Å². The highest BCUT2D eigenvalue weighted by atomic mass is 16.6. The second-order valence-electron chi connectivity index (χ2n) is 4.64. The highest BCUT2D eigenvalue weighted by molar-refractivity contribution is 5.45. The number of nitro benzene ring substituents is 1. The molecule has 5 heteroatoms. The minimum absolute atomic E-state index is 0.102. The summed E-state index contributed by atoms with van der Waals surface area (Å²) >= 11 is 0. The Labute approximate surface area is 114 Å². The van der Waals surface area contributed by atoms with Gasteiger partial charge in [0.2, 0.25) is 0 Å². The zero-order valence-corrected chi connectivity index (χ0v) is 11.8. The van der Waals surface area contributed by atoms with Gasteiger partial charge in [0.25, 0.3) is 5.69 Å². The van der Waals surface area contributed by atoms with Crippen LogP contribution in [0.4, 0.5) is 5.69 Å². The molecule has 1 aromatic rings. The van der Waals surface area contributed by atoms with E-state index in [0.717, 1.165) is 24.1 Å². The lowest BCUT2D eigenvalue weighted by Crippen LogP contribution is -2.36. The van der Waals surface area contributed by atoms with Crippen LogP contribution in [-0.4, -0.2) is 31.2 Å². The molecule has 1 unspecified atom stereocenters. The molecule has 0 saturated carbocycles. The molecule has 0 heterocycles. The van der Waals surface area contributed by atoms with Gasteiger partial charge in [0.15, 0.2) is 0 Å². The standard InChI is InChI=1S/C14H22N2O3/c1-4-8-15-12(10-19-3)9-13-11(2)6-5-7-14(13)16(17)18/h5-7,12,15H,4,8-10H2,1-3H3. The molecule has 0 radical (unpaired) electrons.